The van der Waals surface area contributed by atoms with E-state index in [4.69, 9.17) is 4.74 Å². The highest BCUT2D eigenvalue weighted by Gasteiger charge is 2.21. The average molecular weight is 520 g/mol. The van der Waals surface area contributed by atoms with Crippen LogP contribution in [0.2, 0.25) is 0 Å². The van der Waals surface area contributed by atoms with Crippen molar-refractivity contribution in [3.63, 3.8) is 0 Å². The summed E-state index contributed by atoms with van der Waals surface area (Å²) in [5.74, 6) is -0.130. The largest absolute Gasteiger partial charge is 0.481 e. The fraction of sp³-hybridized carbons (Fsp3) is 0.0435. The molecule has 0 amide bonds. The van der Waals surface area contributed by atoms with Crippen LogP contribution in [0.4, 0.5) is 5.69 Å². The number of rotatable bonds is 6. The van der Waals surface area contributed by atoms with Gasteiger partial charge in [-0.15, -0.1) is 4.68 Å². The van der Waals surface area contributed by atoms with Gasteiger partial charge >= 0.3 is 11.4 Å². The van der Waals surface area contributed by atoms with Gasteiger partial charge in [-0.25, -0.2) is 4.79 Å². The second kappa shape index (κ2) is 9.51. The number of benzene rings is 3. The van der Waals surface area contributed by atoms with Gasteiger partial charge in [0.15, 0.2) is 0 Å². The number of ether oxygens (including phenoxy) is 1. The van der Waals surface area contributed by atoms with Gasteiger partial charge < -0.3 is 9.72 Å². The Morgan fingerprint density at radius 3 is 2.68 bits per heavy atom. The topological polar surface area (TPSA) is 143 Å². The predicted octanol–water partition coefficient (Wildman–Crippen LogP) is 3.69. The number of hydrogen-bond acceptors (Lipinski definition) is 7. The second-order valence-corrected chi connectivity index (χ2v) is 7.91. The summed E-state index contributed by atoms with van der Waals surface area (Å²) in [5.41, 5.74) is -0.360. The molecule has 3 aromatic carbocycles. The number of nitrogens with zero attached hydrogens (tertiary/aromatic N) is 4. The number of hydrogen-bond donors (Lipinski definition) is 1. The minimum Gasteiger partial charge on any atom is -0.481 e. The third-order valence-electron chi connectivity index (χ3n) is 4.87. The van der Waals surface area contributed by atoms with E-state index < -0.39 is 16.2 Å². The molecule has 0 spiro atoms. The highest BCUT2D eigenvalue weighted by Crippen LogP contribution is 2.34. The molecule has 4 aromatic rings. The monoisotopic (exact) mass is 519 g/mol. The SMILES string of the molecule is N#Cc1ccccc1COc1c(C=Nn2c(=O)[nH]c3ccccc3c2=O)cc(Br)cc1[N+](=O)[O-]. The van der Waals surface area contributed by atoms with E-state index in [-0.39, 0.29) is 29.0 Å². The van der Waals surface area contributed by atoms with Gasteiger partial charge in [-0.3, -0.25) is 14.9 Å². The maximum absolute atomic E-state index is 12.7. The normalized spacial score (nSPS) is 10.9. The van der Waals surface area contributed by atoms with E-state index >= 15 is 0 Å². The van der Waals surface area contributed by atoms with Gasteiger partial charge in [0.25, 0.3) is 5.56 Å². The van der Waals surface area contributed by atoms with Crippen molar-refractivity contribution >= 4 is 38.7 Å². The van der Waals surface area contributed by atoms with Crippen LogP contribution in [-0.2, 0) is 6.61 Å². The summed E-state index contributed by atoms with van der Waals surface area (Å²) in [6, 6.07) is 18.0. The number of nitro benzene ring substituents is 1. The lowest BCUT2D eigenvalue weighted by Crippen LogP contribution is -2.32. The lowest BCUT2D eigenvalue weighted by molar-refractivity contribution is -0.386. The van der Waals surface area contributed by atoms with Crippen LogP contribution in [0.15, 0.2) is 79.8 Å². The first-order valence-electron chi connectivity index (χ1n) is 9.76. The summed E-state index contributed by atoms with van der Waals surface area (Å²) in [4.78, 5) is 38.8. The van der Waals surface area contributed by atoms with Gasteiger partial charge in [0.1, 0.15) is 6.61 Å². The number of aromatic amines is 1. The van der Waals surface area contributed by atoms with Crippen LogP contribution in [0.1, 0.15) is 16.7 Å². The van der Waals surface area contributed by atoms with E-state index in [1.807, 2.05) is 6.07 Å². The van der Waals surface area contributed by atoms with E-state index in [1.54, 1.807) is 48.5 Å². The summed E-state index contributed by atoms with van der Waals surface area (Å²) in [7, 11) is 0. The van der Waals surface area contributed by atoms with Crippen molar-refractivity contribution in [2.24, 2.45) is 5.10 Å². The molecule has 0 aliphatic rings. The van der Waals surface area contributed by atoms with E-state index in [0.717, 1.165) is 6.21 Å². The third kappa shape index (κ3) is 4.48. The number of H-pyrrole nitrogens is 1. The molecule has 0 unspecified atom stereocenters. The molecule has 0 bridgehead atoms. The van der Waals surface area contributed by atoms with Gasteiger partial charge in [-0.05, 0) is 24.3 Å². The molecule has 0 radical (unpaired) electrons. The summed E-state index contributed by atoms with van der Waals surface area (Å²) < 4.78 is 6.75. The molecule has 0 aliphatic heterocycles. The molecule has 1 N–H and O–H groups in total. The van der Waals surface area contributed by atoms with Crippen LogP contribution in [-0.4, -0.2) is 20.8 Å². The minimum absolute atomic E-state index is 0.121. The minimum atomic E-state index is -0.769. The molecule has 0 aliphatic carbocycles. The van der Waals surface area contributed by atoms with E-state index in [2.05, 4.69) is 26.0 Å². The number of nitriles is 1. The molecule has 0 fully saturated rings. The van der Waals surface area contributed by atoms with Crippen LogP contribution < -0.4 is 16.0 Å². The Hall–Kier alpha value is -4.56. The molecule has 34 heavy (non-hydrogen) atoms. The predicted molar refractivity (Wildman–Crippen MR) is 128 cm³/mol. The summed E-state index contributed by atoms with van der Waals surface area (Å²) in [6.45, 7) is -0.121. The zero-order chi connectivity index (χ0) is 24.2. The first-order valence-corrected chi connectivity index (χ1v) is 10.6. The van der Waals surface area contributed by atoms with Crippen LogP contribution in [0.5, 0.6) is 5.75 Å². The number of nitro groups is 1. The summed E-state index contributed by atoms with van der Waals surface area (Å²) in [6.07, 6.45) is 1.13. The highest BCUT2D eigenvalue weighted by atomic mass is 79.9. The zero-order valence-corrected chi connectivity index (χ0v) is 18.9. The van der Waals surface area contributed by atoms with Gasteiger partial charge in [-0.2, -0.15) is 10.4 Å². The van der Waals surface area contributed by atoms with Crippen LogP contribution >= 0.6 is 15.9 Å². The van der Waals surface area contributed by atoms with Crippen molar-refractivity contribution in [2.75, 3.05) is 0 Å². The molecular weight excluding hydrogens is 506 g/mol. The van der Waals surface area contributed by atoms with Crippen molar-refractivity contribution < 1.29 is 9.66 Å². The molecule has 1 aromatic heterocycles. The number of fused-ring (bicyclic) bond motifs is 1. The third-order valence-corrected chi connectivity index (χ3v) is 5.32. The lowest BCUT2D eigenvalue weighted by Gasteiger charge is -2.11. The van der Waals surface area contributed by atoms with Crippen molar-refractivity contribution in [3.05, 3.63) is 113 Å². The summed E-state index contributed by atoms with van der Waals surface area (Å²) >= 11 is 3.22. The van der Waals surface area contributed by atoms with Gasteiger partial charge in [-0.1, -0.05) is 46.3 Å². The molecule has 0 saturated heterocycles. The molecule has 11 heteroatoms. The quantitative estimate of drug-likeness (QED) is 0.233. The van der Waals surface area contributed by atoms with Crippen molar-refractivity contribution in [3.8, 4) is 11.8 Å². The number of para-hydroxylation sites is 1. The molecule has 10 nitrogen and oxygen atoms in total. The highest BCUT2D eigenvalue weighted by molar-refractivity contribution is 9.10. The molecule has 4 rings (SSSR count). The van der Waals surface area contributed by atoms with Crippen LogP contribution in [0.3, 0.4) is 0 Å². The van der Waals surface area contributed by atoms with Crippen molar-refractivity contribution in [1.82, 2.24) is 9.66 Å². The lowest BCUT2D eigenvalue weighted by atomic mass is 10.1. The number of aromatic nitrogens is 2. The Labute approximate surface area is 199 Å². The van der Waals surface area contributed by atoms with E-state index in [1.165, 1.54) is 12.1 Å². The maximum atomic E-state index is 12.7. The van der Waals surface area contributed by atoms with Crippen LogP contribution in [0.25, 0.3) is 10.9 Å². The summed E-state index contributed by atoms with van der Waals surface area (Å²) in [5, 5.41) is 25.2. The Morgan fingerprint density at radius 2 is 1.91 bits per heavy atom. The van der Waals surface area contributed by atoms with Gasteiger partial charge in [0, 0.05) is 21.7 Å². The fourth-order valence-electron chi connectivity index (χ4n) is 3.27. The first kappa shape index (κ1) is 22.6. The first-order chi connectivity index (χ1) is 16.4. The Kier molecular flexibility index (Phi) is 6.33. The molecular formula is C23H14BrN5O5. The molecule has 0 saturated carbocycles. The molecule has 168 valence electrons. The van der Waals surface area contributed by atoms with E-state index in [0.29, 0.717) is 25.8 Å². The number of nitrogens with one attached hydrogen (secondary N) is 1. The standard InChI is InChI=1S/C23H14BrN5O5/c24-17-9-16(12-26-28-22(30)18-7-3-4-8-19(18)27-23(28)31)21(20(10-17)29(32)33)34-13-15-6-2-1-5-14(15)11-25/h1-10,12H,13H2,(H,27,31). The molecule has 1 heterocycles. The van der Waals surface area contributed by atoms with Crippen LogP contribution in [0, 0.1) is 21.4 Å². The van der Waals surface area contributed by atoms with Gasteiger partial charge in [0.05, 0.1) is 33.7 Å². The second-order valence-electron chi connectivity index (χ2n) is 7.00. The molecule has 0 atom stereocenters. The Morgan fingerprint density at radius 1 is 1.18 bits per heavy atom. The Balaban J connectivity index is 1.79. The van der Waals surface area contributed by atoms with Gasteiger partial charge in [0.2, 0.25) is 5.75 Å². The average Bonchev–Trinajstić information content (AvgIpc) is 2.83. The fourth-order valence-corrected chi connectivity index (χ4v) is 3.74. The van der Waals surface area contributed by atoms with E-state index in [9.17, 15) is 25.0 Å². The smallest absolute Gasteiger partial charge is 0.349 e. The van der Waals surface area contributed by atoms with Crippen molar-refractivity contribution in [2.45, 2.75) is 6.61 Å². The Bertz CT molecular complexity index is 1620. The zero-order valence-electron chi connectivity index (χ0n) is 17.3. The number of halogens is 1. The maximum Gasteiger partial charge on any atom is 0.349 e. The van der Waals surface area contributed by atoms with Crippen molar-refractivity contribution in [1.29, 1.82) is 5.26 Å².